The van der Waals surface area contributed by atoms with Crippen LogP contribution in [0, 0.1) is 13.8 Å². The quantitative estimate of drug-likeness (QED) is 0.845. The molecule has 1 aromatic rings. The third kappa shape index (κ3) is 2.22. The van der Waals surface area contributed by atoms with Crippen molar-refractivity contribution in [3.05, 3.63) is 29.3 Å². The van der Waals surface area contributed by atoms with E-state index in [9.17, 15) is 0 Å². The number of nitrogens with zero attached hydrogens (tertiary/aromatic N) is 1. The van der Waals surface area contributed by atoms with Gasteiger partial charge >= 0.3 is 0 Å². The van der Waals surface area contributed by atoms with E-state index in [1.165, 1.54) is 29.7 Å². The van der Waals surface area contributed by atoms with Crippen molar-refractivity contribution in [2.75, 3.05) is 18.1 Å². The summed E-state index contributed by atoms with van der Waals surface area (Å²) in [6.07, 6.45) is 3.36. The Bertz CT molecular complexity index is 362. The molecule has 1 aliphatic heterocycles. The number of hydrogen-bond acceptors (Lipinski definition) is 2. The lowest BCUT2D eigenvalue weighted by atomic mass is 10.1. The molecule has 16 heavy (non-hydrogen) atoms. The summed E-state index contributed by atoms with van der Waals surface area (Å²) in [7, 11) is 0. The summed E-state index contributed by atoms with van der Waals surface area (Å²) >= 11 is 0. The monoisotopic (exact) mass is 219 g/mol. The zero-order valence-electron chi connectivity index (χ0n) is 10.2. The van der Waals surface area contributed by atoms with Gasteiger partial charge in [-0.25, -0.2) is 0 Å². The van der Waals surface area contributed by atoms with Crippen molar-refractivity contribution < 1.29 is 5.11 Å². The zero-order valence-corrected chi connectivity index (χ0v) is 10.2. The van der Waals surface area contributed by atoms with Crippen LogP contribution in [0.4, 0.5) is 5.69 Å². The Hall–Kier alpha value is -1.02. The van der Waals surface area contributed by atoms with Crippen molar-refractivity contribution in [2.45, 2.75) is 39.2 Å². The van der Waals surface area contributed by atoms with Crippen LogP contribution in [0.3, 0.4) is 0 Å². The van der Waals surface area contributed by atoms with Crippen molar-refractivity contribution in [2.24, 2.45) is 0 Å². The van der Waals surface area contributed by atoms with E-state index in [-0.39, 0.29) is 0 Å². The molecule has 0 spiro atoms. The third-order valence-corrected chi connectivity index (χ3v) is 3.66. The summed E-state index contributed by atoms with van der Waals surface area (Å²) < 4.78 is 0. The van der Waals surface area contributed by atoms with Crippen molar-refractivity contribution in [3.8, 4) is 0 Å². The molecule has 0 aliphatic carbocycles. The Morgan fingerprint density at radius 1 is 1.31 bits per heavy atom. The smallest absolute Gasteiger partial charge is 0.0450 e. The molecule has 1 atom stereocenters. The van der Waals surface area contributed by atoms with Crippen LogP contribution in [0.25, 0.3) is 0 Å². The maximum atomic E-state index is 9.06. The Morgan fingerprint density at radius 3 is 2.81 bits per heavy atom. The summed E-state index contributed by atoms with van der Waals surface area (Å²) in [5, 5.41) is 9.06. The van der Waals surface area contributed by atoms with Gasteiger partial charge in [0, 0.05) is 24.9 Å². The third-order valence-electron chi connectivity index (χ3n) is 3.66. The number of aryl methyl sites for hydroxylation is 2. The molecule has 1 fully saturated rings. The summed E-state index contributed by atoms with van der Waals surface area (Å²) in [4.78, 5) is 2.45. The Labute approximate surface area is 97.9 Å². The molecule has 0 amide bonds. The number of aliphatic hydroxyl groups excluding tert-OH is 1. The number of anilines is 1. The highest BCUT2D eigenvalue weighted by molar-refractivity contribution is 5.52. The predicted molar refractivity (Wildman–Crippen MR) is 68.0 cm³/mol. The van der Waals surface area contributed by atoms with E-state index in [0.29, 0.717) is 12.6 Å². The average Bonchev–Trinajstić information content (AvgIpc) is 2.71. The van der Waals surface area contributed by atoms with E-state index in [0.717, 1.165) is 13.0 Å². The SMILES string of the molecule is Cc1ccc(N2CCCC2CCO)cc1C. The first-order valence-corrected chi connectivity index (χ1v) is 6.17. The van der Waals surface area contributed by atoms with Crippen LogP contribution in [0.5, 0.6) is 0 Å². The first-order valence-electron chi connectivity index (χ1n) is 6.17. The molecule has 1 aromatic carbocycles. The minimum atomic E-state index is 0.298. The van der Waals surface area contributed by atoms with Gasteiger partial charge in [0.15, 0.2) is 0 Å². The van der Waals surface area contributed by atoms with E-state index < -0.39 is 0 Å². The summed E-state index contributed by atoms with van der Waals surface area (Å²) in [6, 6.07) is 7.20. The van der Waals surface area contributed by atoms with Gasteiger partial charge in [-0.15, -0.1) is 0 Å². The topological polar surface area (TPSA) is 23.5 Å². The molecule has 1 heterocycles. The normalized spacial score (nSPS) is 20.4. The molecule has 0 aromatic heterocycles. The molecule has 1 saturated heterocycles. The minimum absolute atomic E-state index is 0.298. The molecule has 2 nitrogen and oxygen atoms in total. The molecule has 2 heteroatoms. The van der Waals surface area contributed by atoms with Crippen LogP contribution in [0.1, 0.15) is 30.4 Å². The van der Waals surface area contributed by atoms with Gasteiger partial charge in [0.1, 0.15) is 0 Å². The van der Waals surface area contributed by atoms with E-state index in [4.69, 9.17) is 5.11 Å². The molecule has 0 saturated carbocycles. The molecule has 1 aliphatic rings. The molecule has 2 rings (SSSR count). The van der Waals surface area contributed by atoms with Gasteiger partial charge in [0.25, 0.3) is 0 Å². The summed E-state index contributed by atoms with van der Waals surface area (Å²) in [5.74, 6) is 0. The van der Waals surface area contributed by atoms with Gasteiger partial charge in [-0.05, 0) is 56.4 Å². The van der Waals surface area contributed by atoms with Crippen LogP contribution < -0.4 is 4.90 Å². The molecule has 1 unspecified atom stereocenters. The van der Waals surface area contributed by atoms with Crippen molar-refractivity contribution in [3.63, 3.8) is 0 Å². The fraction of sp³-hybridized carbons (Fsp3) is 0.571. The molecular formula is C14H21NO. The predicted octanol–water partition coefficient (Wildman–Crippen LogP) is 2.65. The Morgan fingerprint density at radius 2 is 2.12 bits per heavy atom. The van der Waals surface area contributed by atoms with E-state index in [1.807, 2.05) is 0 Å². The van der Waals surface area contributed by atoms with Crippen LogP contribution in [-0.2, 0) is 0 Å². The first kappa shape index (κ1) is 11.5. The second-order valence-electron chi connectivity index (χ2n) is 4.77. The van der Waals surface area contributed by atoms with E-state index in [1.54, 1.807) is 0 Å². The van der Waals surface area contributed by atoms with Gasteiger partial charge in [0.05, 0.1) is 0 Å². The van der Waals surface area contributed by atoms with Crippen LogP contribution in [0.2, 0.25) is 0 Å². The van der Waals surface area contributed by atoms with Gasteiger partial charge in [-0.3, -0.25) is 0 Å². The first-order chi connectivity index (χ1) is 7.72. The number of rotatable bonds is 3. The average molecular weight is 219 g/mol. The highest BCUT2D eigenvalue weighted by Gasteiger charge is 2.24. The van der Waals surface area contributed by atoms with Gasteiger partial charge in [-0.2, -0.15) is 0 Å². The lowest BCUT2D eigenvalue weighted by Gasteiger charge is -2.27. The fourth-order valence-corrected chi connectivity index (χ4v) is 2.53. The van der Waals surface area contributed by atoms with Crippen molar-refractivity contribution >= 4 is 5.69 Å². The van der Waals surface area contributed by atoms with Crippen LogP contribution in [0.15, 0.2) is 18.2 Å². The Balaban J connectivity index is 2.19. The highest BCUT2D eigenvalue weighted by Crippen LogP contribution is 2.28. The maximum absolute atomic E-state index is 9.06. The molecule has 88 valence electrons. The molecular weight excluding hydrogens is 198 g/mol. The molecule has 1 N–H and O–H groups in total. The van der Waals surface area contributed by atoms with E-state index in [2.05, 4.69) is 36.9 Å². The van der Waals surface area contributed by atoms with Crippen molar-refractivity contribution in [1.82, 2.24) is 0 Å². The number of benzene rings is 1. The largest absolute Gasteiger partial charge is 0.396 e. The highest BCUT2D eigenvalue weighted by atomic mass is 16.3. The Kier molecular flexibility index (Phi) is 3.49. The maximum Gasteiger partial charge on any atom is 0.0450 e. The minimum Gasteiger partial charge on any atom is -0.396 e. The molecule has 0 bridgehead atoms. The van der Waals surface area contributed by atoms with Gasteiger partial charge in [0.2, 0.25) is 0 Å². The molecule has 0 radical (unpaired) electrons. The fourth-order valence-electron chi connectivity index (χ4n) is 2.53. The second-order valence-corrected chi connectivity index (χ2v) is 4.77. The van der Waals surface area contributed by atoms with Gasteiger partial charge in [-0.1, -0.05) is 6.07 Å². The number of hydrogen-bond donors (Lipinski definition) is 1. The number of aliphatic hydroxyl groups is 1. The van der Waals surface area contributed by atoms with E-state index >= 15 is 0 Å². The second kappa shape index (κ2) is 4.88. The summed E-state index contributed by atoms with van der Waals surface area (Å²) in [5.41, 5.74) is 4.02. The summed E-state index contributed by atoms with van der Waals surface area (Å²) in [6.45, 7) is 5.74. The standard InChI is InChI=1S/C14H21NO/c1-11-5-6-14(10-12(11)2)15-8-3-4-13(15)7-9-16/h5-6,10,13,16H,3-4,7-9H2,1-2H3. The zero-order chi connectivity index (χ0) is 11.5. The van der Waals surface area contributed by atoms with Crippen LogP contribution in [-0.4, -0.2) is 24.3 Å². The van der Waals surface area contributed by atoms with Gasteiger partial charge < -0.3 is 10.0 Å². The van der Waals surface area contributed by atoms with Crippen LogP contribution >= 0.6 is 0 Å². The lowest BCUT2D eigenvalue weighted by molar-refractivity contribution is 0.276. The van der Waals surface area contributed by atoms with Crippen molar-refractivity contribution in [1.29, 1.82) is 0 Å². The lowest BCUT2D eigenvalue weighted by Crippen LogP contribution is -2.29.